The van der Waals surface area contributed by atoms with Crippen LogP contribution in [0.4, 0.5) is 0 Å². The van der Waals surface area contributed by atoms with E-state index in [4.69, 9.17) is 9.15 Å². The van der Waals surface area contributed by atoms with Crippen LogP contribution < -0.4 is 20.3 Å². The van der Waals surface area contributed by atoms with E-state index in [0.29, 0.717) is 16.9 Å². The molecule has 9 nitrogen and oxygen atoms in total. The Hall–Kier alpha value is -4.15. The predicted octanol–water partition coefficient (Wildman–Crippen LogP) is 2.92. The Bertz CT molecular complexity index is 1470. The van der Waals surface area contributed by atoms with E-state index in [9.17, 15) is 18.0 Å². The van der Waals surface area contributed by atoms with Crippen LogP contribution in [0.2, 0.25) is 0 Å². The van der Waals surface area contributed by atoms with Crippen LogP contribution in [0, 0.1) is 0 Å². The molecule has 0 unspecified atom stereocenters. The molecule has 0 aliphatic rings. The minimum Gasteiger partial charge on any atom is -0.497 e. The van der Waals surface area contributed by atoms with Gasteiger partial charge in [0.05, 0.1) is 24.7 Å². The van der Waals surface area contributed by atoms with Crippen molar-refractivity contribution in [2.75, 3.05) is 7.11 Å². The van der Waals surface area contributed by atoms with Gasteiger partial charge in [-0.25, -0.2) is 13.1 Å². The zero-order valence-corrected chi connectivity index (χ0v) is 19.6. The Labute approximate surface area is 202 Å². The first-order valence-corrected chi connectivity index (χ1v) is 12.1. The minimum atomic E-state index is -3.84. The maximum Gasteiger partial charge on any atom is 0.269 e. The summed E-state index contributed by atoms with van der Waals surface area (Å²) in [4.78, 5) is 24.8. The first-order valence-electron chi connectivity index (χ1n) is 10.6. The zero-order valence-electron chi connectivity index (χ0n) is 18.8. The lowest BCUT2D eigenvalue weighted by Crippen LogP contribution is -2.42. The highest BCUT2D eigenvalue weighted by Crippen LogP contribution is 2.25. The van der Waals surface area contributed by atoms with Crippen LogP contribution in [0.3, 0.4) is 0 Å². The number of carbonyl (C=O) groups excluding carboxylic acids is 2. The second-order valence-electron chi connectivity index (χ2n) is 7.64. The number of nitrogens with one attached hydrogen (secondary N) is 3. The molecule has 4 aromatic rings. The van der Waals surface area contributed by atoms with Crippen molar-refractivity contribution in [1.82, 2.24) is 15.6 Å². The molecule has 0 aliphatic carbocycles. The highest BCUT2D eigenvalue weighted by molar-refractivity contribution is 7.89. The summed E-state index contributed by atoms with van der Waals surface area (Å²) >= 11 is 0. The maximum atomic E-state index is 12.6. The molecule has 0 atom stereocenters. The van der Waals surface area contributed by atoms with Crippen molar-refractivity contribution in [2.45, 2.75) is 17.9 Å². The highest BCUT2D eigenvalue weighted by Gasteiger charge is 2.17. The average Bonchev–Trinajstić information content (AvgIpc) is 3.28. The molecular weight excluding hydrogens is 470 g/mol. The standard InChI is InChI=1S/C25H23N3O6S/c1-33-20-10-11-22-19(16-34-23(22)14-20)13-24(29)27-28-25(30)18-8-5-9-21(12-18)35(31,32)26-15-17-6-3-2-4-7-17/h2-12,14,16,26H,13,15H2,1H3,(H,27,29)(H,28,30). The van der Waals surface area contributed by atoms with Gasteiger partial charge in [0.15, 0.2) is 0 Å². The molecule has 180 valence electrons. The third-order valence-corrected chi connectivity index (χ3v) is 6.64. The molecule has 3 N–H and O–H groups in total. The molecule has 0 saturated carbocycles. The van der Waals surface area contributed by atoms with Crippen molar-refractivity contribution in [1.29, 1.82) is 0 Å². The fraction of sp³-hybridized carbons (Fsp3) is 0.120. The molecule has 0 saturated heterocycles. The van der Waals surface area contributed by atoms with E-state index in [1.54, 1.807) is 37.4 Å². The number of sulfonamides is 1. The Morgan fingerprint density at radius 2 is 1.74 bits per heavy atom. The van der Waals surface area contributed by atoms with Gasteiger partial charge in [0.2, 0.25) is 15.9 Å². The van der Waals surface area contributed by atoms with Crippen LogP contribution in [-0.2, 0) is 27.8 Å². The molecule has 4 rings (SSSR count). The largest absolute Gasteiger partial charge is 0.497 e. The zero-order chi connectivity index (χ0) is 24.8. The minimum absolute atomic E-state index is 0.0303. The monoisotopic (exact) mass is 493 g/mol. The van der Waals surface area contributed by atoms with Crippen LogP contribution in [0.5, 0.6) is 5.75 Å². The van der Waals surface area contributed by atoms with E-state index in [1.165, 1.54) is 30.5 Å². The smallest absolute Gasteiger partial charge is 0.269 e. The van der Waals surface area contributed by atoms with Crippen molar-refractivity contribution in [3.05, 3.63) is 95.7 Å². The van der Waals surface area contributed by atoms with E-state index in [-0.39, 0.29) is 23.4 Å². The van der Waals surface area contributed by atoms with Crippen LogP contribution in [0.1, 0.15) is 21.5 Å². The average molecular weight is 494 g/mol. The summed E-state index contributed by atoms with van der Waals surface area (Å²) in [5, 5.41) is 0.758. The molecule has 35 heavy (non-hydrogen) atoms. The van der Waals surface area contributed by atoms with E-state index >= 15 is 0 Å². The van der Waals surface area contributed by atoms with Gasteiger partial charge in [-0.05, 0) is 35.9 Å². The molecular formula is C25H23N3O6S. The second-order valence-corrected chi connectivity index (χ2v) is 9.41. The Kier molecular flexibility index (Phi) is 7.14. The third kappa shape index (κ3) is 5.86. The number of hydrogen-bond donors (Lipinski definition) is 3. The number of rotatable bonds is 8. The topological polar surface area (TPSA) is 127 Å². The van der Waals surface area contributed by atoms with Gasteiger partial charge < -0.3 is 9.15 Å². The van der Waals surface area contributed by atoms with Crippen LogP contribution in [-0.4, -0.2) is 27.3 Å². The van der Waals surface area contributed by atoms with E-state index in [2.05, 4.69) is 15.6 Å². The summed E-state index contributed by atoms with van der Waals surface area (Å²) in [7, 11) is -2.29. The summed E-state index contributed by atoms with van der Waals surface area (Å²) in [6.07, 6.45) is 1.44. The van der Waals surface area contributed by atoms with Crippen LogP contribution >= 0.6 is 0 Å². The van der Waals surface area contributed by atoms with E-state index in [0.717, 1.165) is 10.9 Å². The van der Waals surface area contributed by atoms with E-state index in [1.807, 2.05) is 18.2 Å². The van der Waals surface area contributed by atoms with Gasteiger partial charge in [-0.2, -0.15) is 0 Å². The molecule has 3 aromatic carbocycles. The Morgan fingerprint density at radius 1 is 0.943 bits per heavy atom. The Morgan fingerprint density at radius 3 is 2.51 bits per heavy atom. The molecule has 1 heterocycles. The highest BCUT2D eigenvalue weighted by atomic mass is 32.2. The SMILES string of the molecule is COc1ccc2c(CC(=O)NNC(=O)c3cccc(S(=O)(=O)NCc4ccccc4)c3)coc2c1. The number of carbonyl (C=O) groups is 2. The summed E-state index contributed by atoms with van der Waals surface area (Å²) < 4.78 is 38.4. The van der Waals surface area contributed by atoms with Crippen molar-refractivity contribution < 1.29 is 27.2 Å². The number of furan rings is 1. The normalized spacial score (nSPS) is 11.2. The summed E-state index contributed by atoms with van der Waals surface area (Å²) in [6, 6.07) is 19.9. The molecule has 0 spiro atoms. The van der Waals surface area contributed by atoms with Crippen molar-refractivity contribution in [3.63, 3.8) is 0 Å². The van der Waals surface area contributed by atoms with Crippen molar-refractivity contribution in [2.24, 2.45) is 0 Å². The van der Waals surface area contributed by atoms with Gasteiger partial charge >= 0.3 is 0 Å². The lowest BCUT2D eigenvalue weighted by molar-refractivity contribution is -0.121. The molecule has 0 aliphatic heterocycles. The lowest BCUT2D eigenvalue weighted by atomic mass is 10.1. The molecule has 2 amide bonds. The lowest BCUT2D eigenvalue weighted by Gasteiger charge is -2.10. The predicted molar refractivity (Wildman–Crippen MR) is 129 cm³/mol. The van der Waals surface area contributed by atoms with Gasteiger partial charge in [0.1, 0.15) is 11.3 Å². The van der Waals surface area contributed by atoms with Crippen molar-refractivity contribution in [3.8, 4) is 5.75 Å². The van der Waals surface area contributed by atoms with Gasteiger partial charge in [-0.15, -0.1) is 0 Å². The van der Waals surface area contributed by atoms with Crippen LogP contribution in [0.25, 0.3) is 11.0 Å². The maximum absolute atomic E-state index is 12.6. The fourth-order valence-corrected chi connectivity index (χ4v) is 4.47. The molecule has 1 aromatic heterocycles. The summed E-state index contributed by atoms with van der Waals surface area (Å²) in [5.74, 6) is -0.486. The number of fused-ring (bicyclic) bond motifs is 1. The summed E-state index contributed by atoms with van der Waals surface area (Å²) in [5.41, 5.74) is 6.76. The molecule has 10 heteroatoms. The molecule has 0 radical (unpaired) electrons. The van der Waals surface area contributed by atoms with E-state index < -0.39 is 21.8 Å². The second kappa shape index (κ2) is 10.4. The third-order valence-electron chi connectivity index (χ3n) is 5.25. The number of hydrogen-bond acceptors (Lipinski definition) is 6. The van der Waals surface area contributed by atoms with Crippen LogP contribution in [0.15, 0.2) is 88.4 Å². The summed E-state index contributed by atoms with van der Waals surface area (Å²) in [6.45, 7) is 0.116. The Balaban J connectivity index is 1.36. The quantitative estimate of drug-likeness (QED) is 0.324. The first kappa shape index (κ1) is 24.0. The van der Waals surface area contributed by atoms with Gasteiger partial charge in [0.25, 0.3) is 5.91 Å². The number of ether oxygens (including phenoxy) is 1. The molecule has 0 bridgehead atoms. The van der Waals surface area contributed by atoms with Gasteiger partial charge in [-0.1, -0.05) is 36.4 Å². The first-order chi connectivity index (χ1) is 16.9. The number of benzene rings is 3. The van der Waals surface area contributed by atoms with Crippen molar-refractivity contribution >= 4 is 32.8 Å². The number of methoxy groups -OCH3 is 1. The molecule has 0 fully saturated rings. The number of hydrazine groups is 1. The fourth-order valence-electron chi connectivity index (χ4n) is 3.41. The number of amides is 2. The van der Waals surface area contributed by atoms with Gasteiger partial charge in [-0.3, -0.25) is 20.4 Å². The van der Waals surface area contributed by atoms with Gasteiger partial charge in [0, 0.05) is 29.1 Å².